The van der Waals surface area contributed by atoms with E-state index in [9.17, 15) is 9.90 Å². The molecule has 0 fully saturated rings. The van der Waals surface area contributed by atoms with E-state index in [0.29, 0.717) is 5.89 Å². The van der Waals surface area contributed by atoms with Crippen molar-refractivity contribution in [2.75, 3.05) is 6.54 Å². The average molecular weight is 243 g/mol. The normalized spacial score (nSPS) is 13.2. The fourth-order valence-electron chi connectivity index (χ4n) is 1.03. The van der Waals surface area contributed by atoms with E-state index >= 15 is 0 Å². The summed E-state index contributed by atoms with van der Waals surface area (Å²) in [6.45, 7) is 6.83. The van der Waals surface area contributed by atoms with Crippen molar-refractivity contribution in [3.05, 3.63) is 11.8 Å². The number of aliphatic hydroxyl groups is 1. The SMILES string of the molecule is Cc1nnc(C(O)CNC(=O)OC(C)(C)C)o1. The molecule has 7 nitrogen and oxygen atoms in total. The minimum absolute atomic E-state index is 0.0451. The molecule has 1 rings (SSSR count). The van der Waals surface area contributed by atoms with E-state index in [0.717, 1.165) is 0 Å². The lowest BCUT2D eigenvalue weighted by atomic mass is 10.2. The molecule has 0 aliphatic carbocycles. The third-order valence-electron chi connectivity index (χ3n) is 1.67. The van der Waals surface area contributed by atoms with Gasteiger partial charge < -0.3 is 19.6 Å². The van der Waals surface area contributed by atoms with Crippen molar-refractivity contribution in [1.82, 2.24) is 15.5 Å². The summed E-state index contributed by atoms with van der Waals surface area (Å²) >= 11 is 0. The van der Waals surface area contributed by atoms with Crippen molar-refractivity contribution < 1.29 is 19.1 Å². The Balaban J connectivity index is 2.38. The van der Waals surface area contributed by atoms with Crippen LogP contribution in [0, 0.1) is 6.92 Å². The first-order chi connectivity index (χ1) is 7.78. The number of nitrogens with one attached hydrogen (secondary N) is 1. The highest BCUT2D eigenvalue weighted by molar-refractivity contribution is 5.67. The number of aromatic nitrogens is 2. The summed E-state index contributed by atoms with van der Waals surface area (Å²) < 4.78 is 10.0. The summed E-state index contributed by atoms with van der Waals surface area (Å²) in [5.74, 6) is 0.426. The van der Waals surface area contributed by atoms with Crippen molar-refractivity contribution in [3.63, 3.8) is 0 Å². The van der Waals surface area contributed by atoms with Crippen LogP contribution >= 0.6 is 0 Å². The van der Waals surface area contributed by atoms with Gasteiger partial charge in [0.25, 0.3) is 0 Å². The number of hydrogen-bond donors (Lipinski definition) is 2. The Morgan fingerprint density at radius 2 is 2.18 bits per heavy atom. The minimum atomic E-state index is -1.04. The second-order valence-corrected chi connectivity index (χ2v) is 4.56. The van der Waals surface area contributed by atoms with Crippen LogP contribution in [0.3, 0.4) is 0 Å². The Bertz CT molecular complexity index is 383. The Morgan fingerprint density at radius 3 is 2.65 bits per heavy atom. The highest BCUT2D eigenvalue weighted by Gasteiger charge is 2.19. The minimum Gasteiger partial charge on any atom is -0.444 e. The third kappa shape index (κ3) is 4.81. The van der Waals surface area contributed by atoms with Crippen LogP contribution < -0.4 is 5.32 Å². The zero-order valence-corrected chi connectivity index (χ0v) is 10.4. The second kappa shape index (κ2) is 5.13. The molecule has 0 aliphatic rings. The van der Waals surface area contributed by atoms with Crippen LogP contribution in [0.4, 0.5) is 4.79 Å². The molecule has 1 heterocycles. The molecule has 0 aromatic carbocycles. The monoisotopic (exact) mass is 243 g/mol. The number of aryl methyl sites for hydroxylation is 1. The van der Waals surface area contributed by atoms with Crippen molar-refractivity contribution >= 4 is 6.09 Å². The van der Waals surface area contributed by atoms with Gasteiger partial charge in [-0.25, -0.2) is 4.79 Å². The standard InChI is InChI=1S/C10H17N3O4/c1-6-12-13-8(16-6)7(14)5-11-9(15)17-10(2,3)4/h7,14H,5H2,1-4H3,(H,11,15). The summed E-state index contributed by atoms with van der Waals surface area (Å²) in [5.41, 5.74) is -0.573. The fourth-order valence-corrected chi connectivity index (χ4v) is 1.03. The van der Waals surface area contributed by atoms with Gasteiger partial charge in [-0.05, 0) is 20.8 Å². The summed E-state index contributed by atoms with van der Waals surface area (Å²) in [5, 5.41) is 19.2. The molecule has 96 valence electrons. The predicted octanol–water partition coefficient (Wildman–Crippen LogP) is 0.936. The number of rotatable bonds is 3. The van der Waals surface area contributed by atoms with E-state index < -0.39 is 17.8 Å². The van der Waals surface area contributed by atoms with Crippen molar-refractivity contribution in [2.24, 2.45) is 0 Å². The van der Waals surface area contributed by atoms with Crippen LogP contribution in [-0.2, 0) is 4.74 Å². The number of aliphatic hydroxyl groups excluding tert-OH is 1. The number of hydrogen-bond acceptors (Lipinski definition) is 6. The topological polar surface area (TPSA) is 97.5 Å². The maximum absolute atomic E-state index is 11.3. The lowest BCUT2D eigenvalue weighted by Crippen LogP contribution is -2.34. The largest absolute Gasteiger partial charge is 0.444 e. The smallest absolute Gasteiger partial charge is 0.407 e. The molecule has 0 bridgehead atoms. The maximum Gasteiger partial charge on any atom is 0.407 e. The third-order valence-corrected chi connectivity index (χ3v) is 1.67. The van der Waals surface area contributed by atoms with E-state index in [1.807, 2.05) is 0 Å². The Hall–Kier alpha value is -1.63. The van der Waals surface area contributed by atoms with Crippen molar-refractivity contribution in [2.45, 2.75) is 39.4 Å². The zero-order valence-electron chi connectivity index (χ0n) is 10.4. The van der Waals surface area contributed by atoms with Gasteiger partial charge in [-0.2, -0.15) is 0 Å². The second-order valence-electron chi connectivity index (χ2n) is 4.56. The molecule has 0 aliphatic heterocycles. The first-order valence-electron chi connectivity index (χ1n) is 5.23. The number of carbonyl (C=O) groups excluding carboxylic acids is 1. The van der Waals surface area contributed by atoms with E-state index in [4.69, 9.17) is 9.15 Å². The molecule has 0 radical (unpaired) electrons. The quantitative estimate of drug-likeness (QED) is 0.819. The van der Waals surface area contributed by atoms with Gasteiger partial charge in [0.2, 0.25) is 11.8 Å². The molecule has 1 atom stereocenters. The van der Waals surface area contributed by atoms with Gasteiger partial charge in [-0.15, -0.1) is 10.2 Å². The van der Waals surface area contributed by atoms with Crippen molar-refractivity contribution in [3.8, 4) is 0 Å². The van der Waals surface area contributed by atoms with Crippen LogP contribution in [0.15, 0.2) is 4.42 Å². The summed E-state index contributed by atoms with van der Waals surface area (Å²) in [4.78, 5) is 11.3. The molecule has 0 spiro atoms. The van der Waals surface area contributed by atoms with Gasteiger partial charge in [-0.1, -0.05) is 0 Å². The molecule has 0 saturated heterocycles. The first kappa shape index (κ1) is 13.4. The lowest BCUT2D eigenvalue weighted by Gasteiger charge is -2.20. The Kier molecular flexibility index (Phi) is 4.06. The van der Waals surface area contributed by atoms with Gasteiger partial charge in [-0.3, -0.25) is 0 Å². The first-order valence-corrected chi connectivity index (χ1v) is 5.23. The summed E-state index contributed by atoms with van der Waals surface area (Å²) in [6.07, 6.45) is -1.64. The number of amides is 1. The van der Waals surface area contributed by atoms with Gasteiger partial charge in [0.05, 0.1) is 6.54 Å². The molecular formula is C10H17N3O4. The van der Waals surface area contributed by atoms with Gasteiger partial charge in [0, 0.05) is 6.92 Å². The molecule has 2 N–H and O–H groups in total. The van der Waals surface area contributed by atoms with E-state index in [1.54, 1.807) is 27.7 Å². The Labute approximate surface area is 99.2 Å². The van der Waals surface area contributed by atoms with Crippen molar-refractivity contribution in [1.29, 1.82) is 0 Å². The molecule has 0 saturated carbocycles. The Morgan fingerprint density at radius 1 is 1.53 bits per heavy atom. The molecule has 1 unspecified atom stereocenters. The highest BCUT2D eigenvalue weighted by atomic mass is 16.6. The number of alkyl carbamates (subject to hydrolysis) is 1. The van der Waals surface area contributed by atoms with Crippen LogP contribution in [0.5, 0.6) is 0 Å². The van der Waals surface area contributed by atoms with E-state index in [2.05, 4.69) is 15.5 Å². The lowest BCUT2D eigenvalue weighted by molar-refractivity contribution is 0.0479. The van der Waals surface area contributed by atoms with Crippen LogP contribution in [0.25, 0.3) is 0 Å². The van der Waals surface area contributed by atoms with E-state index in [-0.39, 0.29) is 12.4 Å². The number of nitrogens with zero attached hydrogens (tertiary/aromatic N) is 2. The van der Waals surface area contributed by atoms with Crippen LogP contribution in [-0.4, -0.2) is 33.5 Å². The van der Waals surface area contributed by atoms with Crippen LogP contribution in [0.1, 0.15) is 38.7 Å². The molecule has 1 amide bonds. The maximum atomic E-state index is 11.3. The molecule has 1 aromatic heterocycles. The zero-order chi connectivity index (χ0) is 13.1. The van der Waals surface area contributed by atoms with Gasteiger partial charge >= 0.3 is 6.09 Å². The summed E-state index contributed by atoms with van der Waals surface area (Å²) in [6, 6.07) is 0. The van der Waals surface area contributed by atoms with Crippen LogP contribution in [0.2, 0.25) is 0 Å². The average Bonchev–Trinajstić information content (AvgIpc) is 2.58. The molecule has 17 heavy (non-hydrogen) atoms. The fraction of sp³-hybridized carbons (Fsp3) is 0.700. The van der Waals surface area contributed by atoms with Gasteiger partial charge in [0.1, 0.15) is 11.7 Å². The molecular weight excluding hydrogens is 226 g/mol. The van der Waals surface area contributed by atoms with E-state index in [1.165, 1.54) is 0 Å². The molecule has 1 aromatic rings. The number of carbonyl (C=O) groups is 1. The summed E-state index contributed by atoms with van der Waals surface area (Å²) in [7, 11) is 0. The highest BCUT2D eigenvalue weighted by Crippen LogP contribution is 2.10. The predicted molar refractivity (Wildman–Crippen MR) is 58.2 cm³/mol. The number of ether oxygens (including phenoxy) is 1. The van der Waals surface area contributed by atoms with Gasteiger partial charge in [0.15, 0.2) is 0 Å². The molecule has 7 heteroatoms.